The quantitative estimate of drug-likeness (QED) is 0.594. The zero-order valence-electron chi connectivity index (χ0n) is 15.1. The molecule has 4 heteroatoms. The summed E-state index contributed by atoms with van der Waals surface area (Å²) in [6.07, 6.45) is 1.75. The summed E-state index contributed by atoms with van der Waals surface area (Å²) >= 11 is 0. The number of hydrogen-bond donors (Lipinski definition) is 3. The third kappa shape index (κ3) is 2.42. The Bertz CT molecular complexity index is 605. The molecule has 0 unspecified atom stereocenters. The van der Waals surface area contributed by atoms with E-state index in [4.69, 9.17) is 0 Å². The summed E-state index contributed by atoms with van der Waals surface area (Å²) in [7, 11) is 0. The maximum atomic E-state index is 13.0. The number of allylic oxidation sites excluding steroid dienone is 1. The van der Waals surface area contributed by atoms with Crippen molar-refractivity contribution < 1.29 is 20.1 Å². The van der Waals surface area contributed by atoms with Gasteiger partial charge in [0.2, 0.25) is 0 Å². The second-order valence-electron chi connectivity index (χ2n) is 8.90. The van der Waals surface area contributed by atoms with Gasteiger partial charge in [-0.05, 0) is 60.5 Å². The van der Waals surface area contributed by atoms with E-state index < -0.39 is 23.7 Å². The van der Waals surface area contributed by atoms with E-state index in [1.807, 2.05) is 13.0 Å². The number of carbonyl (C=O) groups excluding carboxylic acids is 1. The predicted octanol–water partition coefficient (Wildman–Crippen LogP) is 2.23. The van der Waals surface area contributed by atoms with E-state index in [0.717, 1.165) is 6.42 Å². The first-order chi connectivity index (χ1) is 11.0. The van der Waals surface area contributed by atoms with Gasteiger partial charge in [-0.15, -0.1) is 0 Å². The molecule has 0 heterocycles. The molecule has 0 amide bonds. The lowest BCUT2D eigenvalue weighted by molar-refractivity contribution is -0.144. The molecule has 4 nitrogen and oxygen atoms in total. The molecule has 3 aliphatic carbocycles. The summed E-state index contributed by atoms with van der Waals surface area (Å²) < 4.78 is 0. The summed E-state index contributed by atoms with van der Waals surface area (Å²) in [6, 6.07) is 0. The molecule has 0 aliphatic heterocycles. The Kier molecular flexibility index (Phi) is 4.10. The highest BCUT2D eigenvalue weighted by atomic mass is 16.3. The van der Waals surface area contributed by atoms with Crippen LogP contribution in [0.4, 0.5) is 0 Å². The molecule has 0 aromatic heterocycles. The van der Waals surface area contributed by atoms with E-state index in [-0.39, 0.29) is 23.5 Å². The molecule has 0 spiro atoms. The van der Waals surface area contributed by atoms with Crippen LogP contribution in [0.25, 0.3) is 0 Å². The highest BCUT2D eigenvalue weighted by Gasteiger charge is 2.60. The molecule has 0 bridgehead atoms. The zero-order chi connectivity index (χ0) is 18.0. The maximum Gasteiger partial charge on any atom is 0.190 e. The Labute approximate surface area is 144 Å². The fourth-order valence-electron chi connectivity index (χ4n) is 5.17. The maximum absolute atomic E-state index is 13.0. The molecule has 0 aromatic carbocycles. The Morgan fingerprint density at radius 2 is 1.92 bits per heavy atom. The second kappa shape index (κ2) is 5.52. The number of ketones is 1. The largest absolute Gasteiger partial charge is 0.392 e. The van der Waals surface area contributed by atoms with Crippen molar-refractivity contribution in [2.45, 2.75) is 64.8 Å². The SMILES string of the molecule is C=C1CC[C@@H]2[C@H](/C=C(/C)C(=O)[C@]3(O)C[C@H](C)[C@@H](O)[C@H]3[C@@H]1O)C2(C)C. The van der Waals surface area contributed by atoms with Gasteiger partial charge >= 0.3 is 0 Å². The third-order valence-corrected chi connectivity index (χ3v) is 6.99. The van der Waals surface area contributed by atoms with Gasteiger partial charge in [-0.25, -0.2) is 0 Å². The van der Waals surface area contributed by atoms with Crippen molar-refractivity contribution >= 4 is 5.78 Å². The standard InChI is InChI=1S/C20H30O4/c1-10-6-7-13-14(19(13,4)5)8-11(2)18(23)20(24)9-12(3)17(22)15(20)16(10)21/h8,12-17,21-22,24H,1,6-7,9H2,2-5H3/b11-8-/t12-,13+,14-,15+,16+,17+,20-/m0/s1. The molecule has 24 heavy (non-hydrogen) atoms. The number of rotatable bonds is 0. The lowest BCUT2D eigenvalue weighted by Crippen LogP contribution is -2.50. The van der Waals surface area contributed by atoms with Crippen LogP contribution in [0.5, 0.6) is 0 Å². The summed E-state index contributed by atoms with van der Waals surface area (Å²) in [5.74, 6) is -0.729. The molecule has 7 atom stereocenters. The average Bonchev–Trinajstić information content (AvgIpc) is 2.91. The summed E-state index contributed by atoms with van der Waals surface area (Å²) in [6.45, 7) is 11.9. The normalized spacial score (nSPS) is 50.4. The number of fused-ring (bicyclic) bond motifs is 2. The van der Waals surface area contributed by atoms with Crippen LogP contribution < -0.4 is 0 Å². The molecule has 0 aromatic rings. The Balaban J connectivity index is 2.04. The highest BCUT2D eigenvalue weighted by Crippen LogP contribution is 2.62. The smallest absolute Gasteiger partial charge is 0.190 e. The monoisotopic (exact) mass is 334 g/mol. The number of Topliss-reactive ketones (excluding diaryl/α,β-unsaturated/α-hetero) is 1. The Morgan fingerprint density at radius 1 is 1.29 bits per heavy atom. The van der Waals surface area contributed by atoms with Gasteiger partial charge in [-0.1, -0.05) is 33.4 Å². The fourth-order valence-corrected chi connectivity index (χ4v) is 5.17. The van der Waals surface area contributed by atoms with E-state index in [9.17, 15) is 20.1 Å². The summed E-state index contributed by atoms with van der Waals surface area (Å²) in [4.78, 5) is 13.0. The van der Waals surface area contributed by atoms with Crippen LogP contribution in [0.1, 0.15) is 47.0 Å². The van der Waals surface area contributed by atoms with E-state index in [1.165, 1.54) is 0 Å². The van der Waals surface area contributed by atoms with Crippen molar-refractivity contribution in [2.75, 3.05) is 0 Å². The minimum atomic E-state index is -1.72. The molecule has 134 valence electrons. The van der Waals surface area contributed by atoms with E-state index >= 15 is 0 Å². The van der Waals surface area contributed by atoms with Crippen LogP contribution in [0, 0.1) is 29.1 Å². The average molecular weight is 334 g/mol. The Morgan fingerprint density at radius 3 is 2.54 bits per heavy atom. The Hall–Kier alpha value is -0.970. The van der Waals surface area contributed by atoms with Crippen molar-refractivity contribution in [3.63, 3.8) is 0 Å². The van der Waals surface area contributed by atoms with Crippen molar-refractivity contribution in [1.82, 2.24) is 0 Å². The number of aliphatic hydroxyl groups excluding tert-OH is 2. The minimum Gasteiger partial charge on any atom is -0.392 e. The van der Waals surface area contributed by atoms with Crippen LogP contribution in [0.15, 0.2) is 23.8 Å². The van der Waals surface area contributed by atoms with Gasteiger partial charge < -0.3 is 15.3 Å². The lowest BCUT2D eigenvalue weighted by atomic mass is 9.77. The van der Waals surface area contributed by atoms with Gasteiger partial charge in [0, 0.05) is 0 Å². The third-order valence-electron chi connectivity index (χ3n) is 6.99. The molecule has 2 fully saturated rings. The fraction of sp³-hybridized carbons (Fsp3) is 0.750. The molecular formula is C20H30O4. The zero-order valence-corrected chi connectivity index (χ0v) is 15.1. The molecule has 3 N–H and O–H groups in total. The number of aliphatic hydroxyl groups is 3. The molecule has 0 radical (unpaired) electrons. The molecule has 0 saturated heterocycles. The van der Waals surface area contributed by atoms with Gasteiger partial charge in [0.15, 0.2) is 5.78 Å². The molecule has 3 rings (SSSR count). The van der Waals surface area contributed by atoms with Gasteiger partial charge in [0.05, 0.1) is 18.1 Å². The van der Waals surface area contributed by atoms with E-state index in [0.29, 0.717) is 29.4 Å². The molecule has 2 saturated carbocycles. The highest BCUT2D eigenvalue weighted by molar-refractivity contribution is 6.02. The first-order valence-electron chi connectivity index (χ1n) is 9.01. The topological polar surface area (TPSA) is 77.8 Å². The van der Waals surface area contributed by atoms with E-state index in [2.05, 4.69) is 20.4 Å². The van der Waals surface area contributed by atoms with Crippen LogP contribution in [0.2, 0.25) is 0 Å². The van der Waals surface area contributed by atoms with Crippen molar-refractivity contribution in [3.8, 4) is 0 Å². The van der Waals surface area contributed by atoms with Crippen molar-refractivity contribution in [2.24, 2.45) is 29.1 Å². The molecular weight excluding hydrogens is 304 g/mol. The van der Waals surface area contributed by atoms with Gasteiger partial charge in [0.25, 0.3) is 0 Å². The first-order valence-corrected chi connectivity index (χ1v) is 9.01. The minimum absolute atomic E-state index is 0.135. The van der Waals surface area contributed by atoms with Gasteiger partial charge in [0.1, 0.15) is 5.60 Å². The van der Waals surface area contributed by atoms with Gasteiger partial charge in [-0.2, -0.15) is 0 Å². The lowest BCUT2D eigenvalue weighted by Gasteiger charge is -2.34. The molecule has 3 aliphatic rings. The first kappa shape index (κ1) is 17.8. The summed E-state index contributed by atoms with van der Waals surface area (Å²) in [5, 5.41) is 32.4. The van der Waals surface area contributed by atoms with Crippen molar-refractivity contribution in [3.05, 3.63) is 23.8 Å². The predicted molar refractivity (Wildman–Crippen MR) is 92.1 cm³/mol. The second-order valence-corrected chi connectivity index (χ2v) is 8.90. The summed E-state index contributed by atoms with van der Waals surface area (Å²) in [5.41, 5.74) is -0.429. The van der Waals surface area contributed by atoms with Crippen LogP contribution in [-0.2, 0) is 4.79 Å². The van der Waals surface area contributed by atoms with Crippen LogP contribution in [-0.4, -0.2) is 38.9 Å². The van der Waals surface area contributed by atoms with Crippen LogP contribution >= 0.6 is 0 Å². The number of carbonyl (C=O) groups is 1. The van der Waals surface area contributed by atoms with Crippen molar-refractivity contribution in [1.29, 1.82) is 0 Å². The van der Waals surface area contributed by atoms with Gasteiger partial charge in [-0.3, -0.25) is 4.79 Å². The number of hydrogen-bond acceptors (Lipinski definition) is 4. The van der Waals surface area contributed by atoms with E-state index in [1.54, 1.807) is 6.92 Å². The van der Waals surface area contributed by atoms with Crippen LogP contribution in [0.3, 0.4) is 0 Å².